The van der Waals surface area contributed by atoms with E-state index in [0.717, 1.165) is 37.7 Å². The van der Waals surface area contributed by atoms with E-state index in [1.807, 2.05) is 6.08 Å². The molecule has 1 N–H and O–H groups in total. The summed E-state index contributed by atoms with van der Waals surface area (Å²) >= 11 is 0. The summed E-state index contributed by atoms with van der Waals surface area (Å²) in [4.78, 5) is 38.8. The molecule has 3 saturated carbocycles. The number of ether oxygens (including phenoxy) is 3. The fourth-order valence-electron chi connectivity index (χ4n) is 9.53. The van der Waals surface area contributed by atoms with Crippen LogP contribution in [-0.4, -0.2) is 53.3 Å². The molecule has 1 saturated heterocycles. The van der Waals surface area contributed by atoms with Gasteiger partial charge in [-0.2, -0.15) is 0 Å². The third kappa shape index (κ3) is 3.97. The van der Waals surface area contributed by atoms with Gasteiger partial charge in [-0.25, -0.2) is 0 Å². The molecule has 0 amide bonds. The van der Waals surface area contributed by atoms with Crippen LogP contribution in [0.5, 0.6) is 0 Å². The fraction of sp³-hybridized carbons (Fsp3) is 0.781. The van der Waals surface area contributed by atoms with Crippen LogP contribution in [0.3, 0.4) is 0 Å². The SMILES string of the molecule is CC(C)C(=O)OCC(=O)[C@@]12O[C@H](C3CCCCC3)O[C@@H]1C[C@H]1[C@@H]3CC=C4CC(=O)C=C[C@]4(C)[C@H]3[C@@H](O)C[C@@]12C. The molecule has 0 spiro atoms. The van der Waals surface area contributed by atoms with E-state index in [1.165, 1.54) is 6.42 Å². The lowest BCUT2D eigenvalue weighted by atomic mass is 9.47. The first-order valence-electron chi connectivity index (χ1n) is 15.1. The molecule has 7 nitrogen and oxygen atoms in total. The van der Waals surface area contributed by atoms with E-state index < -0.39 is 35.5 Å². The quantitative estimate of drug-likeness (QED) is 0.398. The van der Waals surface area contributed by atoms with Crippen molar-refractivity contribution in [3.05, 3.63) is 23.8 Å². The molecular weight excluding hydrogens is 496 g/mol. The minimum Gasteiger partial charge on any atom is -0.457 e. The van der Waals surface area contributed by atoms with Gasteiger partial charge in [0.15, 0.2) is 24.3 Å². The third-order valence-corrected chi connectivity index (χ3v) is 11.5. The highest BCUT2D eigenvalue weighted by atomic mass is 16.7. The summed E-state index contributed by atoms with van der Waals surface area (Å²) in [5, 5.41) is 11.9. The van der Waals surface area contributed by atoms with Crippen LogP contribution in [0, 0.1) is 40.4 Å². The van der Waals surface area contributed by atoms with E-state index >= 15 is 0 Å². The molecule has 6 aliphatic rings. The van der Waals surface area contributed by atoms with E-state index in [9.17, 15) is 19.5 Å². The van der Waals surface area contributed by atoms with Crippen molar-refractivity contribution in [2.24, 2.45) is 40.4 Å². The largest absolute Gasteiger partial charge is 0.457 e. The molecule has 0 radical (unpaired) electrons. The highest BCUT2D eigenvalue weighted by molar-refractivity contribution is 5.94. The van der Waals surface area contributed by atoms with E-state index in [2.05, 4.69) is 19.9 Å². The van der Waals surface area contributed by atoms with Gasteiger partial charge < -0.3 is 19.3 Å². The maximum atomic E-state index is 14.2. The number of carbonyl (C=O) groups is 3. The lowest BCUT2D eigenvalue weighted by Crippen LogP contribution is -2.63. The number of ketones is 2. The van der Waals surface area contributed by atoms with E-state index in [4.69, 9.17) is 14.2 Å². The van der Waals surface area contributed by atoms with Gasteiger partial charge in [-0.1, -0.05) is 64.7 Å². The molecule has 7 heteroatoms. The molecule has 4 fully saturated rings. The van der Waals surface area contributed by atoms with Crippen LogP contribution in [0.1, 0.15) is 85.5 Å². The lowest BCUT2D eigenvalue weighted by Gasteiger charge is -2.59. The van der Waals surface area contributed by atoms with Gasteiger partial charge in [0.2, 0.25) is 5.78 Å². The van der Waals surface area contributed by atoms with Crippen molar-refractivity contribution in [1.82, 2.24) is 0 Å². The number of allylic oxidation sites excluding steroid dienone is 4. The molecule has 0 aromatic heterocycles. The van der Waals surface area contributed by atoms with Gasteiger partial charge in [-0.3, -0.25) is 14.4 Å². The Morgan fingerprint density at radius 3 is 2.64 bits per heavy atom. The van der Waals surface area contributed by atoms with Crippen molar-refractivity contribution < 1.29 is 33.7 Å². The number of aliphatic hydroxyl groups excluding tert-OH is 1. The van der Waals surface area contributed by atoms with Crippen molar-refractivity contribution >= 4 is 17.5 Å². The lowest BCUT2D eigenvalue weighted by molar-refractivity contribution is -0.208. The summed E-state index contributed by atoms with van der Waals surface area (Å²) in [6.07, 6.45) is 12.1. The van der Waals surface area contributed by atoms with Gasteiger partial charge in [-0.15, -0.1) is 0 Å². The van der Waals surface area contributed by atoms with Gasteiger partial charge in [-0.05, 0) is 50.0 Å². The normalized spacial score (nSPS) is 45.3. The number of rotatable bonds is 5. The van der Waals surface area contributed by atoms with E-state index in [0.29, 0.717) is 19.3 Å². The summed E-state index contributed by atoms with van der Waals surface area (Å²) in [7, 11) is 0. The summed E-state index contributed by atoms with van der Waals surface area (Å²) in [6.45, 7) is 7.43. The predicted molar refractivity (Wildman–Crippen MR) is 143 cm³/mol. The molecule has 39 heavy (non-hydrogen) atoms. The zero-order valence-electron chi connectivity index (χ0n) is 23.8. The molecule has 0 bridgehead atoms. The van der Waals surface area contributed by atoms with Crippen molar-refractivity contribution in [2.45, 2.75) is 110 Å². The van der Waals surface area contributed by atoms with Gasteiger partial charge >= 0.3 is 5.97 Å². The number of carbonyl (C=O) groups excluding carboxylic acids is 3. The fourth-order valence-corrected chi connectivity index (χ4v) is 9.53. The highest BCUT2D eigenvalue weighted by Crippen LogP contribution is 2.69. The van der Waals surface area contributed by atoms with Gasteiger partial charge in [0, 0.05) is 29.1 Å². The summed E-state index contributed by atoms with van der Waals surface area (Å²) in [6, 6.07) is 0. The van der Waals surface area contributed by atoms with Crippen LogP contribution >= 0.6 is 0 Å². The van der Waals surface area contributed by atoms with Crippen LogP contribution in [0.15, 0.2) is 23.8 Å². The van der Waals surface area contributed by atoms with Gasteiger partial charge in [0.05, 0.1) is 18.1 Å². The Morgan fingerprint density at radius 1 is 1.18 bits per heavy atom. The Morgan fingerprint density at radius 2 is 1.92 bits per heavy atom. The minimum absolute atomic E-state index is 0.0428. The van der Waals surface area contributed by atoms with Crippen molar-refractivity contribution in [3.63, 3.8) is 0 Å². The number of esters is 1. The first-order chi connectivity index (χ1) is 18.5. The maximum Gasteiger partial charge on any atom is 0.308 e. The standard InChI is InChI=1S/C32H44O7/c1-18(2)28(36)37-17-25(35)32-26(38-29(39-32)19-8-6-5-7-9-19)15-23-22-11-10-20-14-21(33)12-13-30(20,3)27(22)24(34)16-31(23,32)4/h10,12-13,18-19,22-24,26-27,29,34H,5-9,11,14-17H2,1-4H3/t22-,23-,24-,26+,27+,29+,30-,31-,32+/m0/s1. The third-order valence-electron chi connectivity index (χ3n) is 11.5. The topological polar surface area (TPSA) is 99.1 Å². The molecular formula is C32H44O7. The molecule has 1 aliphatic heterocycles. The van der Waals surface area contributed by atoms with E-state index in [1.54, 1.807) is 19.9 Å². The molecule has 0 aromatic rings. The van der Waals surface area contributed by atoms with Crippen LogP contribution in [0.4, 0.5) is 0 Å². The summed E-state index contributed by atoms with van der Waals surface area (Å²) in [5.41, 5.74) is -1.20. The molecule has 5 aliphatic carbocycles. The Hall–Kier alpha value is -1.83. The smallest absolute Gasteiger partial charge is 0.308 e. The number of aliphatic hydroxyl groups is 1. The highest BCUT2D eigenvalue weighted by Gasteiger charge is 2.76. The van der Waals surface area contributed by atoms with E-state index in [-0.39, 0.29) is 53.2 Å². The van der Waals surface area contributed by atoms with Crippen LogP contribution < -0.4 is 0 Å². The Kier molecular flexibility index (Phi) is 6.75. The summed E-state index contributed by atoms with van der Waals surface area (Å²) < 4.78 is 19.0. The molecule has 6 rings (SSSR count). The van der Waals surface area contributed by atoms with Crippen molar-refractivity contribution in [2.75, 3.05) is 6.61 Å². The van der Waals surface area contributed by atoms with Crippen LogP contribution in [-0.2, 0) is 28.6 Å². The van der Waals surface area contributed by atoms with Crippen LogP contribution in [0.2, 0.25) is 0 Å². The monoisotopic (exact) mass is 540 g/mol. The first-order valence-corrected chi connectivity index (χ1v) is 15.1. The maximum absolute atomic E-state index is 14.2. The average Bonchev–Trinajstić information content (AvgIpc) is 3.41. The minimum atomic E-state index is -1.26. The first kappa shape index (κ1) is 27.3. The van der Waals surface area contributed by atoms with Crippen LogP contribution in [0.25, 0.3) is 0 Å². The molecule has 214 valence electrons. The Bertz CT molecular complexity index is 1100. The number of Topliss-reactive ketones (excluding diaryl/α,β-unsaturated/α-hetero) is 1. The average molecular weight is 541 g/mol. The van der Waals surface area contributed by atoms with Gasteiger partial charge in [0.1, 0.15) is 0 Å². The molecule has 1 heterocycles. The Labute approximate surface area is 231 Å². The molecule has 0 unspecified atom stereocenters. The number of fused-ring (bicyclic) bond motifs is 7. The molecule has 0 aromatic carbocycles. The predicted octanol–water partition coefficient (Wildman–Crippen LogP) is 4.70. The number of hydrogen-bond donors (Lipinski definition) is 1. The second-order valence-corrected chi connectivity index (χ2v) is 13.9. The van der Waals surface area contributed by atoms with Crippen molar-refractivity contribution in [3.8, 4) is 0 Å². The Balaban J connectivity index is 1.36. The van der Waals surface area contributed by atoms with Crippen molar-refractivity contribution in [1.29, 1.82) is 0 Å². The zero-order valence-corrected chi connectivity index (χ0v) is 23.8. The molecule has 9 atom stereocenters. The second-order valence-electron chi connectivity index (χ2n) is 13.9. The second kappa shape index (κ2) is 9.63. The zero-order chi connectivity index (χ0) is 27.7. The summed E-state index contributed by atoms with van der Waals surface area (Å²) in [5.74, 6) is -0.439. The van der Waals surface area contributed by atoms with Gasteiger partial charge in [0.25, 0.3) is 0 Å². The number of hydrogen-bond acceptors (Lipinski definition) is 7.